The molecule has 21 heavy (non-hydrogen) atoms. The molecule has 3 rings (SSSR count). The van der Waals surface area contributed by atoms with E-state index in [9.17, 15) is 5.11 Å². The number of rotatable bonds is 4. The predicted octanol–water partition coefficient (Wildman–Crippen LogP) is 3.51. The Kier molecular flexibility index (Phi) is 3.69. The van der Waals surface area contributed by atoms with E-state index in [1.807, 2.05) is 18.2 Å². The van der Waals surface area contributed by atoms with Gasteiger partial charge >= 0.3 is 0 Å². The van der Waals surface area contributed by atoms with Gasteiger partial charge in [0.15, 0.2) is 0 Å². The van der Waals surface area contributed by atoms with E-state index in [4.69, 9.17) is 0 Å². The first-order valence-corrected chi connectivity index (χ1v) is 7.02. The average molecular weight is 279 g/mol. The Labute approximate surface area is 123 Å². The lowest BCUT2D eigenvalue weighted by atomic mass is 10.1. The second-order valence-electron chi connectivity index (χ2n) is 4.88. The predicted molar refractivity (Wildman–Crippen MR) is 84.3 cm³/mol. The van der Waals surface area contributed by atoms with Gasteiger partial charge in [-0.1, -0.05) is 19.1 Å². The van der Waals surface area contributed by atoms with Crippen LogP contribution in [0.5, 0.6) is 5.75 Å². The molecule has 0 spiro atoms. The number of anilines is 1. The molecule has 1 aromatic carbocycles. The van der Waals surface area contributed by atoms with E-state index < -0.39 is 0 Å². The summed E-state index contributed by atoms with van der Waals surface area (Å²) in [6, 6.07) is 11.3. The number of hydrogen-bond donors (Lipinski definition) is 2. The Hall–Kier alpha value is -2.62. The largest absolute Gasteiger partial charge is 0.508 e. The molecule has 2 aromatic heterocycles. The van der Waals surface area contributed by atoms with E-state index in [-0.39, 0.29) is 5.75 Å². The third kappa shape index (κ3) is 2.79. The van der Waals surface area contributed by atoms with Crippen molar-refractivity contribution in [3.8, 4) is 5.75 Å². The minimum atomic E-state index is 0.241. The molecule has 0 saturated carbocycles. The van der Waals surface area contributed by atoms with Gasteiger partial charge in [0.05, 0.1) is 12.2 Å². The number of phenolic OH excluding ortho intramolecular Hbond substituents is 1. The highest BCUT2D eigenvalue weighted by atomic mass is 16.3. The quantitative estimate of drug-likeness (QED) is 0.767. The minimum absolute atomic E-state index is 0.241. The monoisotopic (exact) mass is 279 g/mol. The first-order valence-electron chi connectivity index (χ1n) is 7.02. The number of aryl methyl sites for hydroxylation is 1. The average Bonchev–Trinajstić information content (AvgIpc) is 2.53. The van der Waals surface area contributed by atoms with Gasteiger partial charge in [0.25, 0.3) is 0 Å². The Morgan fingerprint density at radius 1 is 1.10 bits per heavy atom. The molecule has 0 unspecified atom stereocenters. The summed E-state index contributed by atoms with van der Waals surface area (Å²) in [4.78, 5) is 8.79. The smallest absolute Gasteiger partial charge is 0.134 e. The maximum absolute atomic E-state index is 9.65. The van der Waals surface area contributed by atoms with E-state index in [0.717, 1.165) is 28.7 Å². The molecular formula is C17H17N3O. The number of pyridine rings is 2. The first kappa shape index (κ1) is 13.4. The third-order valence-electron chi connectivity index (χ3n) is 3.54. The molecule has 0 radical (unpaired) electrons. The molecule has 2 heterocycles. The SMILES string of the molecule is CCc1cccnc1CNc1nccc2ccc(O)cc12. The molecule has 0 bridgehead atoms. The molecule has 4 heteroatoms. The van der Waals surface area contributed by atoms with Gasteiger partial charge in [0, 0.05) is 17.8 Å². The number of fused-ring (bicyclic) bond motifs is 1. The van der Waals surface area contributed by atoms with Crippen molar-refractivity contribution in [3.63, 3.8) is 0 Å². The van der Waals surface area contributed by atoms with Crippen LogP contribution in [0.15, 0.2) is 48.8 Å². The van der Waals surface area contributed by atoms with Crippen LogP contribution in [-0.2, 0) is 13.0 Å². The lowest BCUT2D eigenvalue weighted by Crippen LogP contribution is -2.06. The van der Waals surface area contributed by atoms with Crippen LogP contribution in [-0.4, -0.2) is 15.1 Å². The van der Waals surface area contributed by atoms with Crippen LogP contribution in [0.1, 0.15) is 18.2 Å². The van der Waals surface area contributed by atoms with Crippen LogP contribution in [0.3, 0.4) is 0 Å². The molecule has 0 aliphatic heterocycles. The molecule has 0 atom stereocenters. The van der Waals surface area contributed by atoms with Crippen LogP contribution in [0.25, 0.3) is 10.8 Å². The maximum atomic E-state index is 9.65. The molecule has 0 aliphatic rings. The molecular weight excluding hydrogens is 262 g/mol. The van der Waals surface area contributed by atoms with Crippen molar-refractivity contribution in [2.45, 2.75) is 19.9 Å². The number of phenols is 1. The van der Waals surface area contributed by atoms with Crippen molar-refractivity contribution in [1.82, 2.24) is 9.97 Å². The van der Waals surface area contributed by atoms with Gasteiger partial charge < -0.3 is 10.4 Å². The van der Waals surface area contributed by atoms with E-state index in [1.165, 1.54) is 5.56 Å². The zero-order chi connectivity index (χ0) is 14.7. The van der Waals surface area contributed by atoms with Gasteiger partial charge in [-0.25, -0.2) is 4.98 Å². The number of nitrogens with one attached hydrogen (secondary N) is 1. The van der Waals surface area contributed by atoms with E-state index in [1.54, 1.807) is 24.5 Å². The van der Waals surface area contributed by atoms with E-state index in [2.05, 4.69) is 28.3 Å². The second-order valence-corrected chi connectivity index (χ2v) is 4.88. The molecule has 106 valence electrons. The van der Waals surface area contributed by atoms with Crippen LogP contribution in [0.4, 0.5) is 5.82 Å². The first-order chi connectivity index (χ1) is 10.3. The highest BCUT2D eigenvalue weighted by Crippen LogP contribution is 2.25. The summed E-state index contributed by atoms with van der Waals surface area (Å²) in [6.45, 7) is 2.74. The van der Waals surface area contributed by atoms with Crippen LogP contribution in [0, 0.1) is 0 Å². The summed E-state index contributed by atoms with van der Waals surface area (Å²) in [5, 5.41) is 14.9. The Bertz CT molecular complexity index is 771. The Morgan fingerprint density at radius 3 is 2.86 bits per heavy atom. The standard InChI is InChI=1S/C17H17N3O/c1-2-12-4-3-8-18-16(12)11-20-17-15-10-14(21)6-5-13(15)7-9-19-17/h3-10,21H,2,11H2,1H3,(H,19,20). The molecule has 0 fully saturated rings. The topological polar surface area (TPSA) is 58.0 Å². The summed E-state index contributed by atoms with van der Waals surface area (Å²) in [5.41, 5.74) is 2.26. The summed E-state index contributed by atoms with van der Waals surface area (Å²) in [6.07, 6.45) is 4.52. The second kappa shape index (κ2) is 5.79. The Balaban J connectivity index is 1.90. The fourth-order valence-electron chi connectivity index (χ4n) is 2.42. The fourth-order valence-corrected chi connectivity index (χ4v) is 2.42. The lowest BCUT2D eigenvalue weighted by Gasteiger charge is -2.11. The summed E-state index contributed by atoms with van der Waals surface area (Å²) >= 11 is 0. The van der Waals surface area contributed by atoms with Crippen molar-refractivity contribution in [3.05, 3.63) is 60.0 Å². The summed E-state index contributed by atoms with van der Waals surface area (Å²) in [5.74, 6) is 1.00. The summed E-state index contributed by atoms with van der Waals surface area (Å²) < 4.78 is 0. The Morgan fingerprint density at radius 2 is 2.00 bits per heavy atom. The van der Waals surface area contributed by atoms with Crippen molar-refractivity contribution in [2.24, 2.45) is 0 Å². The van der Waals surface area contributed by atoms with Gasteiger partial charge in [-0.3, -0.25) is 4.98 Å². The maximum Gasteiger partial charge on any atom is 0.134 e. The van der Waals surface area contributed by atoms with Gasteiger partial charge in [-0.2, -0.15) is 0 Å². The molecule has 3 aromatic rings. The minimum Gasteiger partial charge on any atom is -0.508 e. The highest BCUT2D eigenvalue weighted by Gasteiger charge is 2.05. The van der Waals surface area contributed by atoms with Crippen LogP contribution < -0.4 is 5.32 Å². The fraction of sp³-hybridized carbons (Fsp3) is 0.176. The summed E-state index contributed by atoms with van der Waals surface area (Å²) in [7, 11) is 0. The highest BCUT2D eigenvalue weighted by molar-refractivity contribution is 5.92. The number of aromatic hydroxyl groups is 1. The molecule has 4 nitrogen and oxygen atoms in total. The zero-order valence-corrected chi connectivity index (χ0v) is 11.9. The van der Waals surface area contributed by atoms with E-state index in [0.29, 0.717) is 6.54 Å². The molecule has 0 amide bonds. The number of nitrogens with zero attached hydrogens (tertiary/aromatic N) is 2. The molecule has 2 N–H and O–H groups in total. The van der Waals surface area contributed by atoms with Gasteiger partial charge in [-0.05, 0) is 41.6 Å². The van der Waals surface area contributed by atoms with Crippen LogP contribution >= 0.6 is 0 Å². The normalized spacial score (nSPS) is 10.7. The lowest BCUT2D eigenvalue weighted by molar-refractivity contribution is 0.476. The third-order valence-corrected chi connectivity index (χ3v) is 3.54. The van der Waals surface area contributed by atoms with Gasteiger partial charge in [0.1, 0.15) is 11.6 Å². The molecule has 0 saturated heterocycles. The van der Waals surface area contributed by atoms with Crippen molar-refractivity contribution in [2.75, 3.05) is 5.32 Å². The van der Waals surface area contributed by atoms with Crippen molar-refractivity contribution < 1.29 is 5.11 Å². The van der Waals surface area contributed by atoms with Gasteiger partial charge in [0.2, 0.25) is 0 Å². The van der Waals surface area contributed by atoms with Gasteiger partial charge in [-0.15, -0.1) is 0 Å². The van der Waals surface area contributed by atoms with Crippen molar-refractivity contribution >= 4 is 16.6 Å². The van der Waals surface area contributed by atoms with Crippen molar-refractivity contribution in [1.29, 1.82) is 0 Å². The molecule has 0 aliphatic carbocycles. The number of hydrogen-bond acceptors (Lipinski definition) is 4. The number of benzene rings is 1. The number of aromatic nitrogens is 2. The van der Waals surface area contributed by atoms with Crippen LogP contribution in [0.2, 0.25) is 0 Å². The zero-order valence-electron chi connectivity index (χ0n) is 11.9. The van der Waals surface area contributed by atoms with E-state index >= 15 is 0 Å².